The third-order valence-corrected chi connectivity index (χ3v) is 3.27. The molecule has 0 spiro atoms. The average Bonchev–Trinajstić information content (AvgIpc) is 2.37. The molecular weight excluding hydrogens is 272 g/mol. The van der Waals surface area contributed by atoms with Gasteiger partial charge in [-0.3, -0.25) is 4.98 Å². The standard InChI is InChI=1S/C16H19ClN2O/c1-10(2)20-14-7-12(8-19-9-14)16(18)15-5-4-13(17)6-11(15)3/h4-10,16H,18H2,1-3H3. The van der Waals surface area contributed by atoms with Crippen LogP contribution in [0, 0.1) is 6.92 Å². The first-order valence-corrected chi connectivity index (χ1v) is 6.98. The number of aromatic nitrogens is 1. The van der Waals surface area contributed by atoms with Gasteiger partial charge in [0.05, 0.1) is 18.3 Å². The number of aryl methyl sites for hydroxylation is 1. The van der Waals surface area contributed by atoms with Gasteiger partial charge < -0.3 is 10.5 Å². The van der Waals surface area contributed by atoms with E-state index >= 15 is 0 Å². The maximum Gasteiger partial charge on any atom is 0.138 e. The van der Waals surface area contributed by atoms with Crippen LogP contribution in [0.4, 0.5) is 0 Å². The molecule has 1 heterocycles. The van der Waals surface area contributed by atoms with E-state index < -0.39 is 0 Å². The van der Waals surface area contributed by atoms with Crippen LogP contribution in [-0.2, 0) is 0 Å². The van der Waals surface area contributed by atoms with Gasteiger partial charge in [-0.05, 0) is 55.7 Å². The summed E-state index contributed by atoms with van der Waals surface area (Å²) in [6.07, 6.45) is 3.58. The van der Waals surface area contributed by atoms with Crippen molar-refractivity contribution in [2.24, 2.45) is 5.73 Å². The highest BCUT2D eigenvalue weighted by atomic mass is 35.5. The number of rotatable bonds is 4. The van der Waals surface area contributed by atoms with Crippen molar-refractivity contribution in [3.63, 3.8) is 0 Å². The molecule has 106 valence electrons. The van der Waals surface area contributed by atoms with E-state index in [0.717, 1.165) is 22.4 Å². The topological polar surface area (TPSA) is 48.1 Å². The van der Waals surface area contributed by atoms with Gasteiger partial charge in [0.1, 0.15) is 5.75 Å². The summed E-state index contributed by atoms with van der Waals surface area (Å²) in [6.45, 7) is 5.97. The number of halogens is 1. The summed E-state index contributed by atoms with van der Waals surface area (Å²) < 4.78 is 5.65. The van der Waals surface area contributed by atoms with Gasteiger partial charge in [0.2, 0.25) is 0 Å². The Bertz CT molecular complexity index is 599. The molecule has 1 aromatic heterocycles. The molecule has 0 radical (unpaired) electrons. The van der Waals surface area contributed by atoms with E-state index in [1.165, 1.54) is 0 Å². The second kappa shape index (κ2) is 6.25. The summed E-state index contributed by atoms with van der Waals surface area (Å²) in [7, 11) is 0. The van der Waals surface area contributed by atoms with E-state index in [9.17, 15) is 0 Å². The lowest BCUT2D eigenvalue weighted by Gasteiger charge is -2.17. The highest BCUT2D eigenvalue weighted by Crippen LogP contribution is 2.26. The van der Waals surface area contributed by atoms with Gasteiger partial charge in [-0.2, -0.15) is 0 Å². The monoisotopic (exact) mass is 290 g/mol. The van der Waals surface area contributed by atoms with Gasteiger partial charge in [0.25, 0.3) is 0 Å². The van der Waals surface area contributed by atoms with Crippen LogP contribution in [0.15, 0.2) is 36.7 Å². The minimum Gasteiger partial charge on any atom is -0.489 e. The summed E-state index contributed by atoms with van der Waals surface area (Å²) in [4.78, 5) is 4.20. The maximum absolute atomic E-state index is 6.33. The molecule has 0 saturated heterocycles. The number of benzene rings is 1. The van der Waals surface area contributed by atoms with E-state index in [-0.39, 0.29) is 12.1 Å². The zero-order valence-electron chi connectivity index (χ0n) is 11.9. The van der Waals surface area contributed by atoms with Crippen molar-refractivity contribution in [3.8, 4) is 5.75 Å². The Labute approximate surface area is 124 Å². The minimum absolute atomic E-state index is 0.112. The van der Waals surface area contributed by atoms with Crippen molar-refractivity contribution in [3.05, 3.63) is 58.4 Å². The number of hydrogen-bond acceptors (Lipinski definition) is 3. The normalized spacial score (nSPS) is 12.5. The fourth-order valence-electron chi connectivity index (χ4n) is 2.11. The van der Waals surface area contributed by atoms with E-state index in [1.807, 2.05) is 45.0 Å². The van der Waals surface area contributed by atoms with Crippen molar-refractivity contribution < 1.29 is 4.74 Å². The third-order valence-electron chi connectivity index (χ3n) is 3.03. The lowest BCUT2D eigenvalue weighted by atomic mass is 9.97. The van der Waals surface area contributed by atoms with Crippen molar-refractivity contribution in [2.45, 2.75) is 32.9 Å². The molecule has 2 rings (SSSR count). The second-order valence-corrected chi connectivity index (χ2v) is 5.54. The van der Waals surface area contributed by atoms with Crippen LogP contribution in [0.2, 0.25) is 5.02 Å². The molecular formula is C16H19ClN2O. The van der Waals surface area contributed by atoms with E-state index in [1.54, 1.807) is 12.4 Å². The number of hydrogen-bond donors (Lipinski definition) is 1. The molecule has 0 saturated carbocycles. The van der Waals surface area contributed by atoms with Gasteiger partial charge in [0, 0.05) is 11.2 Å². The Hall–Kier alpha value is -1.58. The fourth-order valence-corrected chi connectivity index (χ4v) is 2.34. The van der Waals surface area contributed by atoms with Crippen molar-refractivity contribution >= 4 is 11.6 Å². The maximum atomic E-state index is 6.33. The summed E-state index contributed by atoms with van der Waals surface area (Å²) in [5, 5.41) is 0.716. The summed E-state index contributed by atoms with van der Waals surface area (Å²) in [5.41, 5.74) is 9.36. The van der Waals surface area contributed by atoms with Crippen LogP contribution in [0.25, 0.3) is 0 Å². The molecule has 3 nitrogen and oxygen atoms in total. The molecule has 1 unspecified atom stereocenters. The van der Waals surface area contributed by atoms with Crippen LogP contribution in [-0.4, -0.2) is 11.1 Å². The second-order valence-electron chi connectivity index (χ2n) is 5.10. The smallest absolute Gasteiger partial charge is 0.138 e. The molecule has 0 amide bonds. The zero-order chi connectivity index (χ0) is 14.7. The first kappa shape index (κ1) is 14.8. The number of nitrogens with zero attached hydrogens (tertiary/aromatic N) is 1. The Kier molecular flexibility index (Phi) is 4.63. The molecule has 4 heteroatoms. The lowest BCUT2D eigenvalue weighted by Crippen LogP contribution is -2.14. The Morgan fingerprint density at radius 2 is 1.95 bits per heavy atom. The quantitative estimate of drug-likeness (QED) is 0.929. The van der Waals surface area contributed by atoms with E-state index in [4.69, 9.17) is 22.1 Å². The van der Waals surface area contributed by atoms with Crippen LogP contribution >= 0.6 is 11.6 Å². The first-order valence-electron chi connectivity index (χ1n) is 6.60. The Balaban J connectivity index is 2.30. The van der Waals surface area contributed by atoms with E-state index in [2.05, 4.69) is 4.98 Å². The number of ether oxygens (including phenoxy) is 1. The largest absolute Gasteiger partial charge is 0.489 e. The number of pyridine rings is 1. The van der Waals surface area contributed by atoms with Crippen LogP contribution in [0.3, 0.4) is 0 Å². The van der Waals surface area contributed by atoms with Crippen LogP contribution in [0.1, 0.15) is 36.6 Å². The average molecular weight is 291 g/mol. The third kappa shape index (κ3) is 3.50. The minimum atomic E-state index is -0.240. The highest BCUT2D eigenvalue weighted by Gasteiger charge is 2.13. The summed E-state index contributed by atoms with van der Waals surface area (Å²) in [5.74, 6) is 0.736. The molecule has 0 aliphatic carbocycles. The molecule has 0 fully saturated rings. The molecule has 0 aliphatic heterocycles. The van der Waals surface area contributed by atoms with E-state index in [0.29, 0.717) is 5.02 Å². The predicted octanol–water partition coefficient (Wildman–Crippen LogP) is 3.88. The van der Waals surface area contributed by atoms with Gasteiger partial charge in [0.15, 0.2) is 0 Å². The fraction of sp³-hybridized carbons (Fsp3) is 0.312. The van der Waals surface area contributed by atoms with Gasteiger partial charge in [-0.25, -0.2) is 0 Å². The highest BCUT2D eigenvalue weighted by molar-refractivity contribution is 6.30. The van der Waals surface area contributed by atoms with Gasteiger partial charge in [-0.15, -0.1) is 0 Å². The van der Waals surface area contributed by atoms with Crippen LogP contribution in [0.5, 0.6) is 5.75 Å². The molecule has 2 aromatic rings. The molecule has 1 aromatic carbocycles. The predicted molar refractivity (Wildman–Crippen MR) is 82.2 cm³/mol. The summed E-state index contributed by atoms with van der Waals surface area (Å²) >= 11 is 5.98. The van der Waals surface area contributed by atoms with Crippen molar-refractivity contribution in [2.75, 3.05) is 0 Å². The SMILES string of the molecule is Cc1cc(Cl)ccc1C(N)c1cncc(OC(C)C)c1. The first-order chi connectivity index (χ1) is 9.47. The molecule has 1 atom stereocenters. The molecule has 2 N–H and O–H groups in total. The van der Waals surface area contributed by atoms with Crippen LogP contribution < -0.4 is 10.5 Å². The van der Waals surface area contributed by atoms with Gasteiger partial charge >= 0.3 is 0 Å². The summed E-state index contributed by atoms with van der Waals surface area (Å²) in [6, 6.07) is 7.42. The number of nitrogens with two attached hydrogens (primary N) is 1. The molecule has 0 aliphatic rings. The zero-order valence-corrected chi connectivity index (χ0v) is 12.7. The molecule has 0 bridgehead atoms. The van der Waals surface area contributed by atoms with Gasteiger partial charge in [-0.1, -0.05) is 17.7 Å². The molecule has 20 heavy (non-hydrogen) atoms. The lowest BCUT2D eigenvalue weighted by molar-refractivity contribution is 0.241. The Morgan fingerprint density at radius 1 is 1.20 bits per heavy atom. The van der Waals surface area contributed by atoms with Crippen molar-refractivity contribution in [1.29, 1.82) is 0 Å². The Morgan fingerprint density at radius 3 is 2.60 bits per heavy atom. The van der Waals surface area contributed by atoms with Crippen molar-refractivity contribution in [1.82, 2.24) is 4.98 Å².